The minimum atomic E-state index is 0.969. The predicted octanol–water partition coefficient (Wildman–Crippen LogP) is 2.51. The molecule has 1 aromatic heterocycles. The molecule has 0 unspecified atom stereocenters. The van der Waals surface area contributed by atoms with Crippen molar-refractivity contribution in [1.82, 2.24) is 4.98 Å². The summed E-state index contributed by atoms with van der Waals surface area (Å²) in [5, 5.41) is 0.972. The molecular formula is C8H6BrNS. The van der Waals surface area contributed by atoms with Crippen molar-refractivity contribution in [2.45, 2.75) is 5.03 Å². The van der Waals surface area contributed by atoms with Gasteiger partial charge in [-0.2, -0.15) is 0 Å². The van der Waals surface area contributed by atoms with Gasteiger partial charge in [0.05, 0.1) is 5.56 Å². The molecule has 0 saturated carbocycles. The van der Waals surface area contributed by atoms with E-state index in [4.69, 9.17) is 0 Å². The summed E-state index contributed by atoms with van der Waals surface area (Å²) < 4.78 is 0. The predicted molar refractivity (Wildman–Crippen MR) is 51.8 cm³/mol. The molecule has 0 aliphatic rings. The van der Waals surface area contributed by atoms with Crippen molar-refractivity contribution in [2.24, 2.45) is 0 Å². The molecule has 0 fully saturated rings. The quantitative estimate of drug-likeness (QED) is 0.541. The molecule has 1 aromatic rings. The lowest BCUT2D eigenvalue weighted by Crippen LogP contribution is -1.82. The number of nitrogens with zero attached hydrogens (tertiary/aromatic N) is 1. The Morgan fingerprint density at radius 2 is 2.45 bits per heavy atom. The number of hydrogen-bond donors (Lipinski definition) is 0. The number of thioether (sulfide) groups is 1. The maximum atomic E-state index is 4.16. The summed E-state index contributed by atoms with van der Waals surface area (Å²) in [4.78, 5) is 6.82. The van der Waals surface area contributed by atoms with Gasteiger partial charge < -0.3 is 0 Å². The van der Waals surface area contributed by atoms with Crippen LogP contribution < -0.4 is 0 Å². The largest absolute Gasteiger partial charge is 0.249 e. The summed E-state index contributed by atoms with van der Waals surface area (Å²) >= 11 is 4.65. The van der Waals surface area contributed by atoms with Crippen LogP contribution >= 0.6 is 27.7 Å². The zero-order chi connectivity index (χ0) is 8.10. The Bertz CT molecular complexity index is 300. The Kier molecular flexibility index (Phi) is 3.47. The van der Waals surface area contributed by atoms with Crippen LogP contribution in [0.5, 0.6) is 0 Å². The van der Waals surface area contributed by atoms with E-state index in [1.165, 1.54) is 0 Å². The topological polar surface area (TPSA) is 12.9 Å². The third kappa shape index (κ3) is 2.25. The average molecular weight is 228 g/mol. The molecule has 0 amide bonds. The molecule has 0 N–H and O–H groups in total. The molecule has 3 heteroatoms. The lowest BCUT2D eigenvalue weighted by molar-refractivity contribution is 1.12. The second kappa shape index (κ2) is 4.42. The van der Waals surface area contributed by atoms with Crippen LogP contribution in [-0.4, -0.2) is 11.2 Å². The van der Waals surface area contributed by atoms with E-state index in [9.17, 15) is 0 Å². The normalized spacial score (nSPS) is 8.55. The molecule has 0 aliphatic heterocycles. The lowest BCUT2D eigenvalue weighted by atomic mass is 10.3. The molecule has 0 bridgehead atoms. The van der Waals surface area contributed by atoms with E-state index in [2.05, 4.69) is 31.7 Å². The van der Waals surface area contributed by atoms with Crippen molar-refractivity contribution in [3.05, 3.63) is 23.9 Å². The van der Waals surface area contributed by atoms with Gasteiger partial charge in [-0.3, -0.25) is 0 Å². The average Bonchev–Trinajstić information content (AvgIpc) is 2.06. The smallest absolute Gasteiger partial charge is 0.111 e. The number of aromatic nitrogens is 1. The molecule has 0 spiro atoms. The van der Waals surface area contributed by atoms with Crippen molar-refractivity contribution in [3.8, 4) is 10.8 Å². The van der Waals surface area contributed by atoms with E-state index in [1.807, 2.05) is 18.4 Å². The Morgan fingerprint density at radius 1 is 1.64 bits per heavy atom. The summed E-state index contributed by atoms with van der Waals surface area (Å²) in [5.41, 5.74) is 0.969. The van der Waals surface area contributed by atoms with Gasteiger partial charge in [0.15, 0.2) is 0 Å². The van der Waals surface area contributed by atoms with Gasteiger partial charge in [-0.25, -0.2) is 4.98 Å². The van der Waals surface area contributed by atoms with Gasteiger partial charge in [0.1, 0.15) is 5.03 Å². The zero-order valence-electron chi connectivity index (χ0n) is 5.97. The first kappa shape index (κ1) is 8.63. The molecule has 0 radical (unpaired) electrons. The molecule has 0 saturated heterocycles. The second-order valence-corrected chi connectivity index (χ2v) is 2.97. The summed E-state index contributed by atoms with van der Waals surface area (Å²) in [6.45, 7) is 0. The van der Waals surface area contributed by atoms with Gasteiger partial charge in [-0.1, -0.05) is 5.92 Å². The maximum absolute atomic E-state index is 4.16. The minimum absolute atomic E-state index is 0.969. The second-order valence-electron chi connectivity index (χ2n) is 1.78. The monoisotopic (exact) mass is 227 g/mol. The van der Waals surface area contributed by atoms with Crippen LogP contribution in [0.3, 0.4) is 0 Å². The maximum Gasteiger partial charge on any atom is 0.111 e. The summed E-state index contributed by atoms with van der Waals surface area (Å²) in [6, 6.07) is 3.83. The Labute approximate surface area is 78.7 Å². The van der Waals surface area contributed by atoms with Gasteiger partial charge in [0, 0.05) is 22.1 Å². The van der Waals surface area contributed by atoms with Crippen molar-refractivity contribution >= 4 is 27.7 Å². The van der Waals surface area contributed by atoms with Crippen LogP contribution in [-0.2, 0) is 0 Å². The highest BCUT2D eigenvalue weighted by Gasteiger charge is 1.96. The van der Waals surface area contributed by atoms with Crippen LogP contribution in [0, 0.1) is 10.8 Å². The van der Waals surface area contributed by atoms with Crippen LogP contribution in [0.2, 0.25) is 0 Å². The highest BCUT2D eigenvalue weighted by molar-refractivity contribution is 9.12. The van der Waals surface area contributed by atoms with E-state index in [0.29, 0.717) is 0 Å². The Balaban J connectivity index is 3.09. The Morgan fingerprint density at radius 3 is 3.09 bits per heavy atom. The zero-order valence-corrected chi connectivity index (χ0v) is 8.37. The van der Waals surface area contributed by atoms with E-state index in [1.54, 1.807) is 18.0 Å². The first-order valence-corrected chi connectivity index (χ1v) is 5.01. The van der Waals surface area contributed by atoms with E-state index >= 15 is 0 Å². The fraction of sp³-hybridized carbons (Fsp3) is 0.125. The van der Waals surface area contributed by atoms with Crippen LogP contribution in [0.15, 0.2) is 23.4 Å². The summed E-state index contributed by atoms with van der Waals surface area (Å²) in [7, 11) is 0. The highest BCUT2D eigenvalue weighted by atomic mass is 79.9. The van der Waals surface area contributed by atoms with Crippen molar-refractivity contribution in [2.75, 3.05) is 6.26 Å². The molecule has 0 aromatic carbocycles. The van der Waals surface area contributed by atoms with E-state index in [-0.39, 0.29) is 0 Å². The van der Waals surface area contributed by atoms with Gasteiger partial charge in [-0.05, 0) is 23.2 Å². The fourth-order valence-electron chi connectivity index (χ4n) is 0.700. The summed E-state index contributed by atoms with van der Waals surface area (Å²) in [6.07, 6.45) is 3.76. The van der Waals surface area contributed by atoms with Crippen LogP contribution in [0.4, 0.5) is 0 Å². The van der Waals surface area contributed by atoms with E-state index in [0.717, 1.165) is 10.6 Å². The number of pyridine rings is 1. The first-order valence-electron chi connectivity index (χ1n) is 2.99. The SMILES string of the molecule is CSc1ncccc1C#CBr. The molecule has 1 nitrogen and oxygen atoms in total. The van der Waals surface area contributed by atoms with Gasteiger partial charge >= 0.3 is 0 Å². The van der Waals surface area contributed by atoms with Gasteiger partial charge in [0.2, 0.25) is 0 Å². The minimum Gasteiger partial charge on any atom is -0.249 e. The van der Waals surface area contributed by atoms with Gasteiger partial charge in [-0.15, -0.1) is 11.8 Å². The third-order valence-electron chi connectivity index (χ3n) is 1.15. The molecule has 0 atom stereocenters. The van der Waals surface area contributed by atoms with E-state index < -0.39 is 0 Å². The van der Waals surface area contributed by atoms with Crippen LogP contribution in [0.25, 0.3) is 0 Å². The van der Waals surface area contributed by atoms with Gasteiger partial charge in [0.25, 0.3) is 0 Å². The number of hydrogen-bond acceptors (Lipinski definition) is 2. The Hall–Kier alpha value is -0.460. The molecule has 1 rings (SSSR count). The molecule has 56 valence electrons. The standard InChI is InChI=1S/C8H6BrNS/c1-11-8-7(4-5-9)3-2-6-10-8/h2-3,6H,1H3. The van der Waals surface area contributed by atoms with Crippen LogP contribution in [0.1, 0.15) is 5.56 Å². The highest BCUT2D eigenvalue weighted by Crippen LogP contribution is 2.15. The number of halogens is 1. The third-order valence-corrected chi connectivity index (χ3v) is 2.06. The molecule has 0 aliphatic carbocycles. The molecule has 11 heavy (non-hydrogen) atoms. The lowest BCUT2D eigenvalue weighted by Gasteiger charge is -1.96. The summed E-state index contributed by atoms with van der Waals surface area (Å²) in [5.74, 6) is 2.91. The van der Waals surface area contributed by atoms with Crippen molar-refractivity contribution in [3.63, 3.8) is 0 Å². The fourth-order valence-corrected chi connectivity index (χ4v) is 1.42. The van der Waals surface area contributed by atoms with Crippen molar-refractivity contribution < 1.29 is 0 Å². The number of rotatable bonds is 1. The molecule has 1 heterocycles. The van der Waals surface area contributed by atoms with Crippen molar-refractivity contribution in [1.29, 1.82) is 0 Å². The molecular weight excluding hydrogens is 222 g/mol. The first-order chi connectivity index (χ1) is 5.38.